The maximum atomic E-state index is 2.68. The van der Waals surface area contributed by atoms with E-state index in [4.69, 9.17) is 0 Å². The molecule has 0 spiro atoms. The summed E-state index contributed by atoms with van der Waals surface area (Å²) in [5, 5.41) is 0. The summed E-state index contributed by atoms with van der Waals surface area (Å²) >= 11 is 0. The van der Waals surface area contributed by atoms with Crippen molar-refractivity contribution in [3.63, 3.8) is 0 Å². The molecule has 0 heterocycles. The standard InChI is InChI=1S/C26H52/c1-7-12-13-16-24-17-14-19-26(6,20-18-23(24)11-5)25(15-8-2)21-22(9-3)10-4/h22-25H,7-21H2,1-6H3. The molecule has 1 aliphatic carbocycles. The summed E-state index contributed by atoms with van der Waals surface area (Å²) in [6, 6.07) is 0. The first-order valence-corrected chi connectivity index (χ1v) is 12.5. The molecule has 0 aromatic carbocycles. The van der Waals surface area contributed by atoms with Crippen LogP contribution in [-0.2, 0) is 0 Å². The molecule has 0 bridgehead atoms. The first-order chi connectivity index (χ1) is 12.5. The van der Waals surface area contributed by atoms with Gasteiger partial charge in [-0.15, -0.1) is 0 Å². The molecule has 0 radical (unpaired) electrons. The number of hydrogen-bond donors (Lipinski definition) is 0. The summed E-state index contributed by atoms with van der Waals surface area (Å²) in [6.07, 6.45) is 21.8. The van der Waals surface area contributed by atoms with E-state index in [1.165, 1.54) is 96.3 Å². The molecule has 0 nitrogen and oxygen atoms in total. The zero-order valence-electron chi connectivity index (χ0n) is 19.4. The highest BCUT2D eigenvalue weighted by atomic mass is 14.4. The molecule has 0 saturated heterocycles. The molecule has 1 saturated carbocycles. The molecule has 0 aromatic heterocycles. The Labute approximate surface area is 167 Å². The van der Waals surface area contributed by atoms with Gasteiger partial charge >= 0.3 is 0 Å². The minimum atomic E-state index is 0.612. The van der Waals surface area contributed by atoms with Gasteiger partial charge in [0.05, 0.1) is 0 Å². The van der Waals surface area contributed by atoms with E-state index in [2.05, 4.69) is 41.5 Å². The van der Waals surface area contributed by atoms with Crippen molar-refractivity contribution in [3.05, 3.63) is 0 Å². The lowest BCUT2D eigenvalue weighted by molar-refractivity contribution is 0.0741. The second kappa shape index (κ2) is 13.2. The van der Waals surface area contributed by atoms with E-state index in [9.17, 15) is 0 Å². The zero-order chi connectivity index (χ0) is 19.4. The van der Waals surface area contributed by atoms with Gasteiger partial charge in [0.1, 0.15) is 0 Å². The summed E-state index contributed by atoms with van der Waals surface area (Å²) in [6.45, 7) is 14.7. The van der Waals surface area contributed by atoms with Crippen molar-refractivity contribution in [3.8, 4) is 0 Å². The van der Waals surface area contributed by atoms with Crippen molar-refractivity contribution in [2.45, 2.75) is 138 Å². The van der Waals surface area contributed by atoms with Gasteiger partial charge in [0.25, 0.3) is 0 Å². The normalized spacial score (nSPS) is 28.7. The van der Waals surface area contributed by atoms with E-state index in [0.29, 0.717) is 5.41 Å². The molecular weight excluding hydrogens is 312 g/mol. The first-order valence-electron chi connectivity index (χ1n) is 12.5. The Morgan fingerprint density at radius 2 is 1.58 bits per heavy atom. The Hall–Kier alpha value is 0. The van der Waals surface area contributed by atoms with Crippen molar-refractivity contribution in [1.82, 2.24) is 0 Å². The largest absolute Gasteiger partial charge is 0.0654 e. The van der Waals surface area contributed by atoms with Crippen LogP contribution in [-0.4, -0.2) is 0 Å². The predicted molar refractivity (Wildman–Crippen MR) is 120 cm³/mol. The Bertz CT molecular complexity index is 329. The predicted octanol–water partition coefficient (Wildman–Crippen LogP) is 9.42. The molecule has 0 aliphatic heterocycles. The molecular formula is C26H52. The average molecular weight is 365 g/mol. The van der Waals surface area contributed by atoms with Gasteiger partial charge in [0.2, 0.25) is 0 Å². The molecule has 0 heteroatoms. The maximum Gasteiger partial charge on any atom is -0.0297 e. The Morgan fingerprint density at radius 3 is 2.15 bits per heavy atom. The molecule has 0 N–H and O–H groups in total. The highest BCUT2D eigenvalue weighted by Crippen LogP contribution is 2.48. The van der Waals surface area contributed by atoms with Crippen molar-refractivity contribution < 1.29 is 0 Å². The fourth-order valence-corrected chi connectivity index (χ4v) is 5.99. The lowest BCUT2D eigenvalue weighted by atomic mass is 9.62. The van der Waals surface area contributed by atoms with E-state index in [0.717, 1.165) is 23.7 Å². The lowest BCUT2D eigenvalue weighted by Gasteiger charge is -2.43. The highest BCUT2D eigenvalue weighted by Gasteiger charge is 2.37. The number of unbranched alkanes of at least 4 members (excludes halogenated alkanes) is 2. The van der Waals surface area contributed by atoms with Crippen LogP contribution in [0.15, 0.2) is 0 Å². The van der Waals surface area contributed by atoms with Crippen LogP contribution in [0, 0.1) is 29.1 Å². The van der Waals surface area contributed by atoms with Gasteiger partial charge < -0.3 is 0 Å². The zero-order valence-corrected chi connectivity index (χ0v) is 19.4. The molecule has 1 aliphatic rings. The Kier molecular flexibility index (Phi) is 12.2. The molecule has 26 heavy (non-hydrogen) atoms. The summed E-state index contributed by atoms with van der Waals surface area (Å²) in [4.78, 5) is 0. The van der Waals surface area contributed by atoms with Gasteiger partial charge in [-0.25, -0.2) is 0 Å². The summed E-state index contributed by atoms with van der Waals surface area (Å²) in [5.74, 6) is 3.95. The van der Waals surface area contributed by atoms with Crippen LogP contribution in [0.4, 0.5) is 0 Å². The second-order valence-corrected chi connectivity index (χ2v) is 9.91. The quantitative estimate of drug-likeness (QED) is 0.302. The topological polar surface area (TPSA) is 0 Å². The third-order valence-corrected chi connectivity index (χ3v) is 8.17. The molecule has 0 aromatic rings. The third-order valence-electron chi connectivity index (χ3n) is 8.17. The van der Waals surface area contributed by atoms with Gasteiger partial charge in [-0.3, -0.25) is 0 Å². The lowest BCUT2D eigenvalue weighted by Crippen LogP contribution is -2.32. The average Bonchev–Trinajstić information content (AvgIpc) is 2.63. The van der Waals surface area contributed by atoms with Gasteiger partial charge in [-0.2, -0.15) is 0 Å². The molecule has 0 amide bonds. The monoisotopic (exact) mass is 364 g/mol. The minimum absolute atomic E-state index is 0.612. The fourth-order valence-electron chi connectivity index (χ4n) is 5.99. The summed E-state index contributed by atoms with van der Waals surface area (Å²) in [5.41, 5.74) is 0.612. The maximum absolute atomic E-state index is 2.68. The first kappa shape index (κ1) is 24.0. The second-order valence-electron chi connectivity index (χ2n) is 9.91. The third kappa shape index (κ3) is 7.55. The molecule has 1 fully saturated rings. The summed E-state index contributed by atoms with van der Waals surface area (Å²) < 4.78 is 0. The molecule has 1 rings (SSSR count). The molecule has 4 atom stereocenters. The van der Waals surface area contributed by atoms with Crippen molar-refractivity contribution in [1.29, 1.82) is 0 Å². The van der Waals surface area contributed by atoms with Gasteiger partial charge in [-0.1, -0.05) is 112 Å². The smallest absolute Gasteiger partial charge is 0.0297 e. The van der Waals surface area contributed by atoms with Crippen molar-refractivity contribution >= 4 is 0 Å². The van der Waals surface area contributed by atoms with Gasteiger partial charge in [0.15, 0.2) is 0 Å². The number of hydrogen-bond acceptors (Lipinski definition) is 0. The Balaban J connectivity index is 2.76. The van der Waals surface area contributed by atoms with Crippen LogP contribution >= 0.6 is 0 Å². The van der Waals surface area contributed by atoms with Crippen LogP contribution in [0.25, 0.3) is 0 Å². The van der Waals surface area contributed by atoms with Crippen LogP contribution in [0.1, 0.15) is 138 Å². The van der Waals surface area contributed by atoms with E-state index in [1.807, 2.05) is 0 Å². The van der Waals surface area contributed by atoms with Gasteiger partial charge in [0, 0.05) is 0 Å². The number of rotatable bonds is 12. The Morgan fingerprint density at radius 1 is 0.846 bits per heavy atom. The van der Waals surface area contributed by atoms with Crippen molar-refractivity contribution in [2.24, 2.45) is 29.1 Å². The van der Waals surface area contributed by atoms with Crippen LogP contribution in [0.5, 0.6) is 0 Å². The fraction of sp³-hybridized carbons (Fsp3) is 1.00. The van der Waals surface area contributed by atoms with Gasteiger partial charge in [-0.05, 0) is 54.8 Å². The molecule has 4 unspecified atom stereocenters. The minimum Gasteiger partial charge on any atom is -0.0654 e. The van der Waals surface area contributed by atoms with Crippen LogP contribution in [0.3, 0.4) is 0 Å². The molecule has 156 valence electrons. The SMILES string of the molecule is CCCCCC1CCCC(C)(C(CCC)CC(CC)CC)CCC1CC. The van der Waals surface area contributed by atoms with E-state index >= 15 is 0 Å². The van der Waals surface area contributed by atoms with Crippen LogP contribution < -0.4 is 0 Å². The van der Waals surface area contributed by atoms with Crippen LogP contribution in [0.2, 0.25) is 0 Å². The highest BCUT2D eigenvalue weighted by molar-refractivity contribution is 4.87. The van der Waals surface area contributed by atoms with E-state index < -0.39 is 0 Å². The summed E-state index contributed by atoms with van der Waals surface area (Å²) in [7, 11) is 0. The van der Waals surface area contributed by atoms with E-state index in [-0.39, 0.29) is 0 Å². The van der Waals surface area contributed by atoms with Crippen molar-refractivity contribution in [2.75, 3.05) is 0 Å². The van der Waals surface area contributed by atoms with E-state index in [1.54, 1.807) is 0 Å².